The number of unbranched alkanes of at least 4 members (excludes halogenated alkanes) is 1. The van der Waals surface area contributed by atoms with E-state index in [1.165, 1.54) is 17.6 Å². The second-order valence-corrected chi connectivity index (χ2v) is 10.1. The van der Waals surface area contributed by atoms with Crippen LogP contribution in [0.3, 0.4) is 0 Å². The minimum Gasteiger partial charge on any atom is -0.298 e. The molecule has 0 spiro atoms. The van der Waals surface area contributed by atoms with Crippen molar-refractivity contribution >= 4 is 44.8 Å². The highest BCUT2D eigenvalue weighted by atomic mass is 35.5. The Hall–Kier alpha value is -0.820. The third-order valence-corrected chi connectivity index (χ3v) is 7.33. The van der Waals surface area contributed by atoms with Crippen molar-refractivity contribution in [3.05, 3.63) is 44.7 Å². The summed E-state index contributed by atoms with van der Waals surface area (Å²) in [4.78, 5) is -0.0705. The molecule has 0 aliphatic carbocycles. The van der Waals surface area contributed by atoms with Gasteiger partial charge in [-0.05, 0) is 57.3 Å². The van der Waals surface area contributed by atoms with Crippen molar-refractivity contribution in [3.63, 3.8) is 0 Å². The van der Waals surface area contributed by atoms with Crippen molar-refractivity contribution < 1.29 is 8.42 Å². The van der Waals surface area contributed by atoms with Crippen LogP contribution in [0.4, 0.5) is 0 Å². The molecule has 2 aromatic rings. The van der Waals surface area contributed by atoms with Crippen molar-refractivity contribution in [1.29, 1.82) is 0 Å². The summed E-state index contributed by atoms with van der Waals surface area (Å²) in [5.41, 5.74) is 0.792. The van der Waals surface area contributed by atoms with Crippen LogP contribution < -0.4 is 4.67 Å². The van der Waals surface area contributed by atoms with Gasteiger partial charge in [0.15, 0.2) is 4.67 Å². The number of rotatable bonds is 5. The fourth-order valence-corrected chi connectivity index (χ4v) is 5.17. The standard InChI is InChI=1S/C17H22Cl2N2O2S2/c1-5-6-8-12-11-21(17(2,3)4)24-16(12)20-25(22,23)14-10-7-9-13(18)15(14)19/h7,9-11H,5-6,8H2,1-4H3/b20-16-. The molecule has 25 heavy (non-hydrogen) atoms. The molecule has 0 N–H and O–H groups in total. The first-order chi connectivity index (χ1) is 11.6. The zero-order valence-corrected chi connectivity index (χ0v) is 17.9. The topological polar surface area (TPSA) is 51.4 Å². The summed E-state index contributed by atoms with van der Waals surface area (Å²) >= 11 is 13.4. The lowest BCUT2D eigenvalue weighted by atomic mass is 10.1. The molecule has 0 fully saturated rings. The van der Waals surface area contributed by atoms with Crippen LogP contribution in [0.1, 0.15) is 46.1 Å². The number of halogens is 2. The van der Waals surface area contributed by atoms with Gasteiger partial charge in [-0.25, -0.2) is 0 Å². The van der Waals surface area contributed by atoms with E-state index >= 15 is 0 Å². The number of hydrogen-bond acceptors (Lipinski definition) is 3. The number of nitrogens with zero attached hydrogens (tertiary/aromatic N) is 2. The van der Waals surface area contributed by atoms with E-state index in [0.29, 0.717) is 4.67 Å². The van der Waals surface area contributed by atoms with Gasteiger partial charge < -0.3 is 0 Å². The van der Waals surface area contributed by atoms with Crippen molar-refractivity contribution in [2.45, 2.75) is 57.4 Å². The molecule has 2 rings (SSSR count). The number of aryl methyl sites for hydroxylation is 1. The molecule has 0 aliphatic rings. The van der Waals surface area contributed by atoms with Crippen LogP contribution in [-0.2, 0) is 22.0 Å². The van der Waals surface area contributed by atoms with E-state index in [9.17, 15) is 8.42 Å². The fraction of sp³-hybridized carbons (Fsp3) is 0.471. The first-order valence-electron chi connectivity index (χ1n) is 8.03. The molecule has 8 heteroatoms. The molecule has 0 saturated carbocycles. The largest absolute Gasteiger partial charge is 0.298 e. The van der Waals surface area contributed by atoms with Crippen LogP contribution >= 0.6 is 34.7 Å². The predicted octanol–water partition coefficient (Wildman–Crippen LogP) is 5.24. The van der Waals surface area contributed by atoms with E-state index in [1.807, 2.05) is 10.2 Å². The Balaban J connectivity index is 2.62. The fourth-order valence-electron chi connectivity index (χ4n) is 2.16. The number of aromatic nitrogens is 1. The molecule has 0 amide bonds. The summed E-state index contributed by atoms with van der Waals surface area (Å²) in [5.74, 6) is 0. The average Bonchev–Trinajstić information content (AvgIpc) is 2.90. The number of hydrogen-bond donors (Lipinski definition) is 0. The summed E-state index contributed by atoms with van der Waals surface area (Å²) in [6.07, 6.45) is 4.78. The van der Waals surface area contributed by atoms with E-state index in [4.69, 9.17) is 23.2 Å². The first-order valence-corrected chi connectivity index (χ1v) is 11.0. The highest BCUT2D eigenvalue weighted by Gasteiger charge is 2.21. The minimum absolute atomic E-state index is 0.00304. The SMILES string of the molecule is CCCCc1cn(C(C)(C)C)s/c1=N\S(=O)(=O)c1cccc(Cl)c1Cl. The van der Waals surface area contributed by atoms with Gasteiger partial charge in [0.05, 0.1) is 10.0 Å². The lowest BCUT2D eigenvalue weighted by Gasteiger charge is -2.19. The van der Waals surface area contributed by atoms with E-state index in [2.05, 4.69) is 32.1 Å². The molecule has 0 unspecified atom stereocenters. The second-order valence-electron chi connectivity index (χ2n) is 6.77. The molecule has 1 heterocycles. The molecular formula is C17H22Cl2N2O2S2. The van der Waals surface area contributed by atoms with Crippen molar-refractivity contribution in [2.24, 2.45) is 4.40 Å². The van der Waals surface area contributed by atoms with Gasteiger partial charge in [0, 0.05) is 17.3 Å². The Bertz CT molecular complexity index is 923. The number of sulfonamides is 1. The van der Waals surface area contributed by atoms with Crippen molar-refractivity contribution in [3.8, 4) is 0 Å². The van der Waals surface area contributed by atoms with Gasteiger partial charge in [-0.1, -0.05) is 42.6 Å². The maximum Gasteiger partial charge on any atom is 0.285 e. The van der Waals surface area contributed by atoms with Gasteiger partial charge in [0.1, 0.15) is 4.90 Å². The predicted molar refractivity (Wildman–Crippen MR) is 105 cm³/mol. The van der Waals surface area contributed by atoms with Crippen LogP contribution in [0.2, 0.25) is 10.0 Å². The van der Waals surface area contributed by atoms with E-state index in [1.54, 1.807) is 12.1 Å². The maximum absolute atomic E-state index is 12.7. The monoisotopic (exact) mass is 420 g/mol. The van der Waals surface area contributed by atoms with Gasteiger partial charge in [-0.15, -0.1) is 4.40 Å². The third-order valence-electron chi connectivity index (χ3n) is 3.59. The lowest BCUT2D eigenvalue weighted by molar-refractivity contribution is 0.427. The molecule has 0 radical (unpaired) electrons. The Kier molecular flexibility index (Phi) is 6.41. The molecule has 0 saturated heterocycles. The molecule has 4 nitrogen and oxygen atoms in total. The van der Waals surface area contributed by atoms with E-state index < -0.39 is 10.0 Å². The van der Waals surface area contributed by atoms with Crippen LogP contribution in [0, 0.1) is 0 Å². The Morgan fingerprint density at radius 3 is 2.52 bits per heavy atom. The molecule has 1 aromatic heterocycles. The van der Waals surface area contributed by atoms with E-state index in [-0.39, 0.29) is 20.5 Å². The first kappa shape index (κ1) is 20.5. The summed E-state index contributed by atoms with van der Waals surface area (Å²) in [6, 6.07) is 4.52. The Morgan fingerprint density at radius 1 is 1.24 bits per heavy atom. The molecular weight excluding hydrogens is 399 g/mol. The zero-order valence-electron chi connectivity index (χ0n) is 14.7. The smallest absolute Gasteiger partial charge is 0.285 e. The van der Waals surface area contributed by atoms with E-state index in [0.717, 1.165) is 24.8 Å². The molecule has 1 aromatic carbocycles. The quantitative estimate of drug-likeness (QED) is 0.663. The lowest BCUT2D eigenvalue weighted by Crippen LogP contribution is -2.18. The van der Waals surface area contributed by atoms with Crippen LogP contribution in [0.25, 0.3) is 0 Å². The summed E-state index contributed by atoms with van der Waals surface area (Å²) < 4.78 is 32.1. The summed E-state index contributed by atoms with van der Waals surface area (Å²) in [6.45, 7) is 8.31. The second kappa shape index (κ2) is 7.82. The van der Waals surface area contributed by atoms with Crippen molar-refractivity contribution in [1.82, 2.24) is 3.96 Å². The molecule has 0 bridgehead atoms. The summed E-state index contributed by atoms with van der Waals surface area (Å²) in [7, 11) is -3.94. The summed E-state index contributed by atoms with van der Waals surface area (Å²) in [5, 5.41) is 0.198. The van der Waals surface area contributed by atoms with Gasteiger partial charge >= 0.3 is 0 Å². The molecule has 138 valence electrons. The molecule has 0 atom stereocenters. The average molecular weight is 421 g/mol. The Labute approximate surface area is 163 Å². The number of benzene rings is 1. The molecule has 0 aliphatic heterocycles. The van der Waals surface area contributed by atoms with Gasteiger partial charge in [-0.3, -0.25) is 3.96 Å². The maximum atomic E-state index is 12.7. The van der Waals surface area contributed by atoms with Gasteiger partial charge in [0.2, 0.25) is 0 Å². The third kappa shape index (κ3) is 4.88. The van der Waals surface area contributed by atoms with Crippen molar-refractivity contribution in [2.75, 3.05) is 0 Å². The zero-order chi connectivity index (χ0) is 18.8. The minimum atomic E-state index is -3.94. The highest BCUT2D eigenvalue weighted by Crippen LogP contribution is 2.30. The van der Waals surface area contributed by atoms with Crippen LogP contribution in [0.15, 0.2) is 33.7 Å². The van der Waals surface area contributed by atoms with Crippen LogP contribution in [0.5, 0.6) is 0 Å². The van der Waals surface area contributed by atoms with Gasteiger partial charge in [0.25, 0.3) is 10.0 Å². The van der Waals surface area contributed by atoms with Crippen LogP contribution in [-0.4, -0.2) is 12.4 Å². The normalized spacial score (nSPS) is 13.4. The van der Waals surface area contributed by atoms with Gasteiger partial charge in [-0.2, -0.15) is 8.42 Å². The Morgan fingerprint density at radius 2 is 1.92 bits per heavy atom. The highest BCUT2D eigenvalue weighted by molar-refractivity contribution is 7.90.